The first kappa shape index (κ1) is 21.9. The molecule has 0 spiro atoms. The van der Waals surface area contributed by atoms with Gasteiger partial charge in [0.05, 0.1) is 29.8 Å². The molecular formula is C21H33N3O4S. The van der Waals surface area contributed by atoms with Crippen molar-refractivity contribution in [3.8, 4) is 5.75 Å². The number of rotatable bonds is 7. The average Bonchev–Trinajstić information content (AvgIpc) is 3.08. The van der Waals surface area contributed by atoms with Crippen molar-refractivity contribution in [3.05, 3.63) is 24.3 Å². The highest BCUT2D eigenvalue weighted by Gasteiger charge is 2.37. The van der Waals surface area contributed by atoms with E-state index in [0.29, 0.717) is 19.6 Å². The van der Waals surface area contributed by atoms with E-state index < -0.39 is 9.84 Å². The van der Waals surface area contributed by atoms with Gasteiger partial charge in [0.25, 0.3) is 0 Å². The van der Waals surface area contributed by atoms with E-state index in [-0.39, 0.29) is 29.5 Å². The maximum absolute atomic E-state index is 13.1. The number of piperazine rings is 1. The normalized spacial score (nSPS) is 23.0. The maximum Gasteiger partial charge on any atom is 0.239 e. The summed E-state index contributed by atoms with van der Waals surface area (Å²) >= 11 is 0. The Balaban J connectivity index is 1.61. The first-order valence-electron chi connectivity index (χ1n) is 10.6. The first-order chi connectivity index (χ1) is 13.9. The highest BCUT2D eigenvalue weighted by Crippen LogP contribution is 2.29. The topological polar surface area (TPSA) is 70.2 Å². The van der Waals surface area contributed by atoms with E-state index in [1.54, 1.807) is 4.90 Å². The number of ether oxygens (including phenoxy) is 1. The minimum Gasteiger partial charge on any atom is -0.492 e. The number of likely N-dealkylation sites (N-methyl/N-ethyl adjacent to an activating group) is 1. The van der Waals surface area contributed by atoms with Crippen LogP contribution in [0.1, 0.15) is 27.2 Å². The Kier molecular flexibility index (Phi) is 7.05. The van der Waals surface area contributed by atoms with E-state index >= 15 is 0 Å². The lowest BCUT2D eigenvalue weighted by atomic mass is 10.1. The van der Waals surface area contributed by atoms with E-state index in [1.807, 2.05) is 39.0 Å². The molecule has 1 aromatic rings. The van der Waals surface area contributed by atoms with E-state index in [1.165, 1.54) is 0 Å². The van der Waals surface area contributed by atoms with Crippen molar-refractivity contribution >= 4 is 21.4 Å². The zero-order valence-corrected chi connectivity index (χ0v) is 18.5. The lowest BCUT2D eigenvalue weighted by Gasteiger charge is -2.40. The molecule has 1 aromatic carbocycles. The molecule has 0 N–H and O–H groups in total. The van der Waals surface area contributed by atoms with Crippen LogP contribution in [-0.2, 0) is 14.6 Å². The van der Waals surface area contributed by atoms with Crippen LogP contribution < -0.4 is 9.64 Å². The summed E-state index contributed by atoms with van der Waals surface area (Å²) in [4.78, 5) is 19.4. The molecule has 0 saturated carbocycles. The van der Waals surface area contributed by atoms with Gasteiger partial charge in [-0.3, -0.25) is 9.69 Å². The largest absolute Gasteiger partial charge is 0.492 e. The molecule has 2 saturated heterocycles. The molecule has 1 amide bonds. The van der Waals surface area contributed by atoms with Crippen LogP contribution in [0.4, 0.5) is 5.69 Å². The molecule has 29 heavy (non-hydrogen) atoms. The molecule has 2 atom stereocenters. The third-order valence-corrected chi connectivity index (χ3v) is 7.75. The van der Waals surface area contributed by atoms with Crippen LogP contribution in [0.2, 0.25) is 0 Å². The van der Waals surface area contributed by atoms with Gasteiger partial charge in [-0.15, -0.1) is 0 Å². The molecule has 0 unspecified atom stereocenters. The van der Waals surface area contributed by atoms with Gasteiger partial charge in [0.2, 0.25) is 5.91 Å². The minimum absolute atomic E-state index is 0.0396. The highest BCUT2D eigenvalue weighted by molar-refractivity contribution is 7.91. The minimum atomic E-state index is -3.01. The molecular weight excluding hydrogens is 390 g/mol. The van der Waals surface area contributed by atoms with E-state index in [9.17, 15) is 13.2 Å². The molecule has 2 heterocycles. The Morgan fingerprint density at radius 3 is 2.48 bits per heavy atom. The molecule has 2 fully saturated rings. The van der Waals surface area contributed by atoms with Gasteiger partial charge in [0.1, 0.15) is 5.75 Å². The third kappa shape index (κ3) is 5.04. The van der Waals surface area contributed by atoms with Gasteiger partial charge in [0.15, 0.2) is 9.84 Å². The first-order valence-corrected chi connectivity index (χ1v) is 12.4. The number of benzene rings is 1. The molecule has 0 bridgehead atoms. The van der Waals surface area contributed by atoms with Crippen LogP contribution in [-0.4, -0.2) is 87.0 Å². The van der Waals surface area contributed by atoms with Crippen molar-refractivity contribution in [1.29, 1.82) is 0 Å². The van der Waals surface area contributed by atoms with Gasteiger partial charge in [-0.1, -0.05) is 12.1 Å². The summed E-state index contributed by atoms with van der Waals surface area (Å²) in [6.45, 7) is 10.3. The molecule has 0 radical (unpaired) electrons. The fraction of sp³-hybridized carbons (Fsp3) is 0.667. The summed E-state index contributed by atoms with van der Waals surface area (Å²) in [5, 5.41) is 0. The molecule has 7 nitrogen and oxygen atoms in total. The van der Waals surface area contributed by atoms with Gasteiger partial charge >= 0.3 is 0 Å². The van der Waals surface area contributed by atoms with Crippen molar-refractivity contribution in [2.45, 2.75) is 39.3 Å². The van der Waals surface area contributed by atoms with Gasteiger partial charge in [0, 0.05) is 38.8 Å². The smallest absolute Gasteiger partial charge is 0.239 e. The Morgan fingerprint density at radius 1 is 1.21 bits per heavy atom. The van der Waals surface area contributed by atoms with Crippen molar-refractivity contribution in [2.24, 2.45) is 0 Å². The molecule has 0 aliphatic carbocycles. The van der Waals surface area contributed by atoms with E-state index in [4.69, 9.17) is 4.74 Å². The summed E-state index contributed by atoms with van der Waals surface area (Å²) in [7, 11) is -3.01. The number of anilines is 1. The zero-order chi connectivity index (χ0) is 21.0. The molecule has 2 aliphatic heterocycles. The van der Waals surface area contributed by atoms with Gasteiger partial charge < -0.3 is 14.5 Å². The quantitative estimate of drug-likeness (QED) is 0.664. The molecule has 3 rings (SSSR count). The standard InChI is InChI=1S/C21H33N3O4S/c1-4-24(18-10-15-29(26,27)16-18)21(25)17(3)22-11-13-23(14-12-22)19-8-6-7-9-20(19)28-5-2/h6-9,17-18H,4-5,10-16H2,1-3H3/t17-,18+/m0/s1. The molecule has 0 aromatic heterocycles. The van der Waals surface area contributed by atoms with E-state index in [0.717, 1.165) is 37.6 Å². The molecule has 2 aliphatic rings. The predicted molar refractivity (Wildman–Crippen MR) is 115 cm³/mol. The second-order valence-electron chi connectivity index (χ2n) is 7.78. The SMILES string of the molecule is CCOc1ccccc1N1CCN([C@@H](C)C(=O)N(CC)[C@@H]2CCS(=O)(=O)C2)CC1. The maximum atomic E-state index is 13.1. The highest BCUT2D eigenvalue weighted by atomic mass is 32.2. The van der Waals surface area contributed by atoms with Crippen LogP contribution in [0.15, 0.2) is 24.3 Å². The number of hydrogen-bond acceptors (Lipinski definition) is 6. The second kappa shape index (κ2) is 9.34. The number of amides is 1. The summed E-state index contributed by atoms with van der Waals surface area (Å²) in [6, 6.07) is 7.64. The Labute approximate surface area is 174 Å². The Hall–Kier alpha value is -1.80. The van der Waals surface area contributed by atoms with Crippen LogP contribution in [0, 0.1) is 0 Å². The van der Waals surface area contributed by atoms with Crippen LogP contribution in [0.3, 0.4) is 0 Å². The van der Waals surface area contributed by atoms with Gasteiger partial charge in [-0.25, -0.2) is 8.42 Å². The predicted octanol–water partition coefficient (Wildman–Crippen LogP) is 1.63. The summed E-state index contributed by atoms with van der Waals surface area (Å²) in [5.41, 5.74) is 1.10. The van der Waals surface area contributed by atoms with E-state index in [2.05, 4.69) is 15.9 Å². The second-order valence-corrected chi connectivity index (χ2v) is 10.0. The number of nitrogens with zero attached hydrogens (tertiary/aromatic N) is 3. The van der Waals surface area contributed by atoms with Crippen molar-refractivity contribution in [1.82, 2.24) is 9.80 Å². The number of sulfone groups is 1. The van der Waals surface area contributed by atoms with Gasteiger partial charge in [-0.2, -0.15) is 0 Å². The van der Waals surface area contributed by atoms with Crippen molar-refractivity contribution in [2.75, 3.05) is 55.7 Å². The fourth-order valence-electron chi connectivity index (χ4n) is 4.36. The number of hydrogen-bond donors (Lipinski definition) is 0. The van der Waals surface area contributed by atoms with Crippen molar-refractivity contribution < 1.29 is 17.9 Å². The lowest BCUT2D eigenvalue weighted by Crippen LogP contribution is -2.56. The fourth-order valence-corrected chi connectivity index (χ4v) is 6.09. The monoisotopic (exact) mass is 423 g/mol. The number of para-hydroxylation sites is 2. The third-order valence-electron chi connectivity index (χ3n) is 6.00. The number of carbonyl (C=O) groups is 1. The zero-order valence-electron chi connectivity index (χ0n) is 17.7. The van der Waals surface area contributed by atoms with Crippen molar-refractivity contribution in [3.63, 3.8) is 0 Å². The lowest BCUT2D eigenvalue weighted by molar-refractivity contribution is -0.138. The molecule has 8 heteroatoms. The average molecular weight is 424 g/mol. The summed E-state index contributed by atoms with van der Waals surface area (Å²) in [6.07, 6.45) is 0.552. The Morgan fingerprint density at radius 2 is 1.90 bits per heavy atom. The van der Waals surface area contributed by atoms with Crippen LogP contribution in [0.5, 0.6) is 5.75 Å². The van der Waals surface area contributed by atoms with Crippen LogP contribution >= 0.6 is 0 Å². The van der Waals surface area contributed by atoms with Gasteiger partial charge in [-0.05, 0) is 39.3 Å². The summed E-state index contributed by atoms with van der Waals surface area (Å²) < 4.78 is 29.4. The Bertz CT molecular complexity index is 806. The molecule has 162 valence electrons. The summed E-state index contributed by atoms with van der Waals surface area (Å²) in [5.74, 6) is 1.22. The number of carbonyl (C=O) groups excluding carboxylic acids is 1. The van der Waals surface area contributed by atoms with Crippen LogP contribution in [0.25, 0.3) is 0 Å².